The SMILES string of the molecule is O=C1CNC(=O)N1c1cccc(Nc2nccc(Nc3cccc4[nH]ncc34)n2)c1. The first kappa shape index (κ1) is 17.6. The first-order valence-electron chi connectivity index (χ1n) is 9.17. The lowest BCUT2D eigenvalue weighted by Gasteiger charge is -2.14. The Morgan fingerprint density at radius 2 is 1.93 bits per heavy atom. The largest absolute Gasteiger partial charge is 0.339 e. The zero-order chi connectivity index (χ0) is 20.5. The number of carbonyl (C=O) groups excluding carboxylic acids is 2. The van der Waals surface area contributed by atoms with E-state index < -0.39 is 6.03 Å². The van der Waals surface area contributed by atoms with Crippen LogP contribution in [-0.2, 0) is 4.79 Å². The Bertz CT molecular complexity index is 1250. The van der Waals surface area contributed by atoms with Gasteiger partial charge in [-0.3, -0.25) is 9.89 Å². The highest BCUT2D eigenvalue weighted by atomic mass is 16.2. The van der Waals surface area contributed by atoms with Gasteiger partial charge in [0, 0.05) is 17.3 Å². The third kappa shape index (κ3) is 3.26. The second-order valence-corrected chi connectivity index (χ2v) is 6.59. The monoisotopic (exact) mass is 400 g/mol. The van der Waals surface area contributed by atoms with Crippen LogP contribution in [-0.4, -0.2) is 38.6 Å². The molecule has 3 amide bonds. The Hall–Kier alpha value is -4.47. The van der Waals surface area contributed by atoms with Crippen molar-refractivity contribution in [1.82, 2.24) is 25.5 Å². The maximum Gasteiger partial charge on any atom is 0.329 e. The van der Waals surface area contributed by atoms with Gasteiger partial charge in [-0.25, -0.2) is 14.7 Å². The number of imide groups is 1. The van der Waals surface area contributed by atoms with Crippen molar-refractivity contribution in [3.05, 3.63) is 60.9 Å². The second kappa shape index (κ2) is 7.17. The van der Waals surface area contributed by atoms with Crippen molar-refractivity contribution in [3.63, 3.8) is 0 Å². The van der Waals surface area contributed by atoms with E-state index in [0.717, 1.165) is 21.5 Å². The molecule has 0 spiro atoms. The molecule has 3 heterocycles. The smallest absolute Gasteiger partial charge is 0.329 e. The Kier molecular flexibility index (Phi) is 4.21. The van der Waals surface area contributed by atoms with Crippen LogP contribution < -0.4 is 20.9 Å². The van der Waals surface area contributed by atoms with E-state index in [9.17, 15) is 9.59 Å². The van der Waals surface area contributed by atoms with Crippen LogP contribution >= 0.6 is 0 Å². The summed E-state index contributed by atoms with van der Waals surface area (Å²) in [6.45, 7) is -0.00324. The highest BCUT2D eigenvalue weighted by Crippen LogP contribution is 2.26. The molecule has 5 rings (SSSR count). The molecule has 0 saturated carbocycles. The number of carbonyl (C=O) groups is 2. The van der Waals surface area contributed by atoms with Crippen molar-refractivity contribution in [3.8, 4) is 0 Å². The standard InChI is InChI=1S/C20H16N8O2/c29-18-11-22-20(30)28(18)13-4-1-3-12(9-13)24-19-21-8-7-17(26-19)25-15-5-2-6-16-14(15)10-23-27-16/h1-10H,11H2,(H,22,30)(H,23,27)(H2,21,24,25,26). The van der Waals surface area contributed by atoms with Gasteiger partial charge in [0.05, 0.1) is 29.6 Å². The second-order valence-electron chi connectivity index (χ2n) is 6.59. The number of nitrogens with zero attached hydrogens (tertiary/aromatic N) is 4. The molecule has 30 heavy (non-hydrogen) atoms. The zero-order valence-electron chi connectivity index (χ0n) is 15.6. The van der Waals surface area contributed by atoms with E-state index in [1.165, 1.54) is 0 Å². The van der Waals surface area contributed by atoms with Crippen molar-refractivity contribution in [2.24, 2.45) is 0 Å². The van der Waals surface area contributed by atoms with Gasteiger partial charge in [0.25, 0.3) is 5.91 Å². The fourth-order valence-electron chi connectivity index (χ4n) is 3.24. The van der Waals surface area contributed by atoms with Crippen molar-refractivity contribution >= 4 is 51.7 Å². The van der Waals surface area contributed by atoms with Gasteiger partial charge in [-0.2, -0.15) is 10.1 Å². The summed E-state index contributed by atoms with van der Waals surface area (Å²) in [5.41, 5.74) is 2.91. The molecule has 2 aromatic carbocycles. The number of benzene rings is 2. The van der Waals surface area contributed by atoms with Gasteiger partial charge in [-0.15, -0.1) is 0 Å². The number of anilines is 5. The summed E-state index contributed by atoms with van der Waals surface area (Å²) >= 11 is 0. The van der Waals surface area contributed by atoms with Crippen LogP contribution in [0.5, 0.6) is 0 Å². The van der Waals surface area contributed by atoms with Gasteiger partial charge >= 0.3 is 6.03 Å². The number of H-pyrrole nitrogens is 1. The maximum atomic E-state index is 11.9. The molecule has 10 nitrogen and oxygen atoms in total. The minimum Gasteiger partial charge on any atom is -0.339 e. The molecule has 0 unspecified atom stereocenters. The van der Waals surface area contributed by atoms with Crippen molar-refractivity contribution in [2.45, 2.75) is 0 Å². The molecule has 4 aromatic rings. The Morgan fingerprint density at radius 1 is 1.03 bits per heavy atom. The highest BCUT2D eigenvalue weighted by molar-refractivity contribution is 6.20. The van der Waals surface area contributed by atoms with E-state index in [0.29, 0.717) is 23.1 Å². The molecule has 0 bridgehead atoms. The molecule has 1 saturated heterocycles. The predicted octanol–water partition coefficient (Wildman–Crippen LogP) is 2.90. The van der Waals surface area contributed by atoms with Gasteiger partial charge < -0.3 is 16.0 Å². The minimum absolute atomic E-state index is 0.00324. The van der Waals surface area contributed by atoms with Gasteiger partial charge in [-0.1, -0.05) is 12.1 Å². The summed E-state index contributed by atoms with van der Waals surface area (Å²) in [5, 5.41) is 16.8. The van der Waals surface area contributed by atoms with Crippen LogP contribution in [0.25, 0.3) is 10.9 Å². The number of rotatable bonds is 5. The molecule has 10 heteroatoms. The number of fused-ring (bicyclic) bond motifs is 1. The van der Waals surface area contributed by atoms with Crippen LogP contribution in [0.15, 0.2) is 60.9 Å². The maximum absolute atomic E-state index is 11.9. The number of aromatic amines is 1. The Morgan fingerprint density at radius 3 is 2.80 bits per heavy atom. The fourth-order valence-corrected chi connectivity index (χ4v) is 3.24. The zero-order valence-corrected chi connectivity index (χ0v) is 15.6. The summed E-state index contributed by atoms with van der Waals surface area (Å²) < 4.78 is 0. The van der Waals surface area contributed by atoms with E-state index in [-0.39, 0.29) is 12.5 Å². The minimum atomic E-state index is -0.437. The summed E-state index contributed by atoms with van der Waals surface area (Å²) in [5.74, 6) is 0.674. The van der Waals surface area contributed by atoms with E-state index in [1.54, 1.807) is 42.7 Å². The number of urea groups is 1. The molecule has 1 aliphatic rings. The normalized spacial score (nSPS) is 13.5. The van der Waals surface area contributed by atoms with Gasteiger partial charge in [0.2, 0.25) is 5.95 Å². The molecule has 148 valence electrons. The molecule has 0 radical (unpaired) electrons. The van der Waals surface area contributed by atoms with Crippen molar-refractivity contribution in [1.29, 1.82) is 0 Å². The molecule has 0 atom stereocenters. The first-order valence-corrected chi connectivity index (χ1v) is 9.17. The molecule has 4 N–H and O–H groups in total. The topological polar surface area (TPSA) is 128 Å². The van der Waals surface area contributed by atoms with Crippen LogP contribution in [0.3, 0.4) is 0 Å². The van der Waals surface area contributed by atoms with Gasteiger partial charge in [-0.05, 0) is 36.4 Å². The Balaban J connectivity index is 1.38. The van der Waals surface area contributed by atoms with Crippen molar-refractivity contribution < 1.29 is 9.59 Å². The third-order valence-corrected chi connectivity index (χ3v) is 4.61. The lowest BCUT2D eigenvalue weighted by atomic mass is 10.2. The predicted molar refractivity (Wildman–Crippen MR) is 112 cm³/mol. The summed E-state index contributed by atoms with van der Waals surface area (Å²) in [7, 11) is 0. The van der Waals surface area contributed by atoms with Crippen LogP contribution in [0, 0.1) is 0 Å². The third-order valence-electron chi connectivity index (χ3n) is 4.61. The average Bonchev–Trinajstić information content (AvgIpc) is 3.35. The van der Waals surface area contributed by atoms with Gasteiger partial charge in [0.1, 0.15) is 5.82 Å². The lowest BCUT2D eigenvalue weighted by Crippen LogP contribution is -2.30. The summed E-state index contributed by atoms with van der Waals surface area (Å²) in [6, 6.07) is 14.1. The fraction of sp³-hybridized carbons (Fsp3) is 0.0500. The van der Waals surface area contributed by atoms with Gasteiger partial charge in [0.15, 0.2) is 0 Å². The molecule has 1 fully saturated rings. The molecule has 0 aliphatic carbocycles. The van der Waals surface area contributed by atoms with Crippen LogP contribution in [0.1, 0.15) is 0 Å². The summed E-state index contributed by atoms with van der Waals surface area (Å²) in [6.07, 6.45) is 3.38. The van der Waals surface area contributed by atoms with E-state index in [4.69, 9.17) is 0 Å². The van der Waals surface area contributed by atoms with E-state index in [1.807, 2.05) is 18.2 Å². The number of nitrogens with one attached hydrogen (secondary N) is 4. The molecular formula is C20H16N8O2. The van der Waals surface area contributed by atoms with Crippen LogP contribution in [0.4, 0.5) is 33.6 Å². The van der Waals surface area contributed by atoms with E-state index in [2.05, 4.69) is 36.1 Å². The number of hydrogen-bond donors (Lipinski definition) is 4. The lowest BCUT2D eigenvalue weighted by molar-refractivity contribution is -0.115. The highest BCUT2D eigenvalue weighted by Gasteiger charge is 2.29. The quantitative estimate of drug-likeness (QED) is 0.379. The number of aromatic nitrogens is 4. The number of amides is 3. The first-order chi connectivity index (χ1) is 14.7. The van der Waals surface area contributed by atoms with E-state index >= 15 is 0 Å². The molecule has 1 aliphatic heterocycles. The average molecular weight is 400 g/mol. The summed E-state index contributed by atoms with van der Waals surface area (Å²) in [4.78, 5) is 33.6. The molecule has 2 aromatic heterocycles. The Labute approximate surface area is 170 Å². The molecular weight excluding hydrogens is 384 g/mol. The number of hydrogen-bond acceptors (Lipinski definition) is 7. The van der Waals surface area contributed by atoms with Crippen molar-refractivity contribution in [2.75, 3.05) is 22.1 Å². The van der Waals surface area contributed by atoms with Crippen LogP contribution in [0.2, 0.25) is 0 Å².